The van der Waals surface area contributed by atoms with Crippen molar-refractivity contribution in [2.24, 2.45) is 0 Å². The van der Waals surface area contributed by atoms with E-state index in [0.717, 1.165) is 39.9 Å². The van der Waals surface area contributed by atoms with Crippen LogP contribution >= 0.6 is 0 Å². The average Bonchev–Trinajstić information content (AvgIpc) is 3.02. The van der Waals surface area contributed by atoms with Crippen molar-refractivity contribution in [1.29, 1.82) is 0 Å². The normalized spacial score (nSPS) is 14.6. The minimum atomic E-state index is -1.40. The van der Waals surface area contributed by atoms with E-state index in [9.17, 15) is 0 Å². The van der Waals surface area contributed by atoms with Gasteiger partial charge in [0.05, 0.1) is 13.8 Å². The molecular formula is C24H26N2OSi. The lowest BCUT2D eigenvalue weighted by atomic mass is 9.88. The van der Waals surface area contributed by atoms with Crippen molar-refractivity contribution in [3.63, 3.8) is 0 Å². The Bertz CT molecular complexity index is 1220. The summed E-state index contributed by atoms with van der Waals surface area (Å²) in [4.78, 5) is 9.55. The first-order valence-corrected chi connectivity index (χ1v) is 13.7. The van der Waals surface area contributed by atoms with Crippen LogP contribution in [0.3, 0.4) is 0 Å². The molecule has 28 heavy (non-hydrogen) atoms. The quantitative estimate of drug-likeness (QED) is 0.410. The van der Waals surface area contributed by atoms with E-state index in [4.69, 9.17) is 9.40 Å². The first-order chi connectivity index (χ1) is 13.4. The van der Waals surface area contributed by atoms with E-state index in [1.54, 1.807) is 10.8 Å². The van der Waals surface area contributed by atoms with Gasteiger partial charge in [0.15, 0.2) is 0 Å². The number of aryl methyl sites for hydroxylation is 1. The largest absolute Gasteiger partial charge is 0.438 e. The molecule has 0 unspecified atom stereocenters. The number of hydrogen-bond acceptors (Lipinski definition) is 3. The third-order valence-corrected chi connectivity index (χ3v) is 8.01. The van der Waals surface area contributed by atoms with Crippen LogP contribution in [0.25, 0.3) is 33.3 Å². The van der Waals surface area contributed by atoms with Gasteiger partial charge in [0.2, 0.25) is 5.71 Å². The highest BCUT2D eigenvalue weighted by Crippen LogP contribution is 2.34. The molecule has 1 aliphatic carbocycles. The van der Waals surface area contributed by atoms with Gasteiger partial charge in [0, 0.05) is 28.2 Å². The highest BCUT2D eigenvalue weighted by molar-refractivity contribution is 6.89. The molecule has 0 aliphatic heterocycles. The van der Waals surface area contributed by atoms with Gasteiger partial charge in [-0.3, -0.25) is 4.98 Å². The predicted molar refractivity (Wildman–Crippen MR) is 119 cm³/mol. The van der Waals surface area contributed by atoms with Crippen LogP contribution in [0.15, 0.2) is 40.9 Å². The van der Waals surface area contributed by atoms with E-state index in [2.05, 4.69) is 55.1 Å². The zero-order valence-corrected chi connectivity index (χ0v) is 18.1. The molecule has 142 valence electrons. The zero-order valence-electron chi connectivity index (χ0n) is 17.1. The Morgan fingerprint density at radius 1 is 0.929 bits per heavy atom. The minimum Gasteiger partial charge on any atom is -0.438 e. The minimum absolute atomic E-state index is 0.719. The standard InChI is InChI=1S/C24H26N2OSi/c1-15-9-11-19-20-13-16(10-12-21(20)27-24(19)26-15)23-18-8-6-5-7-17(18)22(14-25-23)28(2,3)4/h9-14H,5-8H2,1-4H3. The molecule has 0 atom stereocenters. The summed E-state index contributed by atoms with van der Waals surface area (Å²) in [7, 11) is -1.40. The number of fused-ring (bicyclic) bond motifs is 4. The Morgan fingerprint density at radius 2 is 1.71 bits per heavy atom. The van der Waals surface area contributed by atoms with Gasteiger partial charge in [0.25, 0.3) is 0 Å². The van der Waals surface area contributed by atoms with Gasteiger partial charge < -0.3 is 4.42 Å². The maximum absolute atomic E-state index is 5.97. The van der Waals surface area contributed by atoms with Crippen molar-refractivity contribution in [2.75, 3.05) is 0 Å². The van der Waals surface area contributed by atoms with Crippen LogP contribution in [0, 0.1) is 6.92 Å². The summed E-state index contributed by atoms with van der Waals surface area (Å²) in [5.74, 6) is 0. The number of benzene rings is 1. The molecule has 4 heteroatoms. The molecule has 1 aromatic carbocycles. The van der Waals surface area contributed by atoms with Crippen molar-refractivity contribution in [2.45, 2.75) is 52.2 Å². The highest BCUT2D eigenvalue weighted by Gasteiger charge is 2.26. The number of nitrogens with zero attached hydrogens (tertiary/aromatic N) is 2. The van der Waals surface area contributed by atoms with Crippen LogP contribution in [0.5, 0.6) is 0 Å². The predicted octanol–water partition coefficient (Wildman–Crippen LogP) is 5.78. The molecule has 0 spiro atoms. The second kappa shape index (κ2) is 6.28. The third kappa shape index (κ3) is 2.78. The monoisotopic (exact) mass is 386 g/mol. The summed E-state index contributed by atoms with van der Waals surface area (Å²) in [5, 5.41) is 3.75. The number of aromatic nitrogens is 2. The fourth-order valence-corrected chi connectivity index (χ4v) is 6.17. The molecule has 0 fully saturated rings. The van der Waals surface area contributed by atoms with Crippen molar-refractivity contribution in [1.82, 2.24) is 9.97 Å². The molecule has 0 saturated carbocycles. The van der Waals surface area contributed by atoms with E-state index in [-0.39, 0.29) is 0 Å². The van der Waals surface area contributed by atoms with Gasteiger partial charge >= 0.3 is 0 Å². The molecular weight excluding hydrogens is 360 g/mol. The van der Waals surface area contributed by atoms with Gasteiger partial charge in [-0.2, -0.15) is 0 Å². The van der Waals surface area contributed by atoms with E-state index < -0.39 is 8.07 Å². The summed E-state index contributed by atoms with van der Waals surface area (Å²) >= 11 is 0. The number of furan rings is 1. The molecule has 0 amide bonds. The fraction of sp³-hybridized carbons (Fsp3) is 0.333. The smallest absolute Gasteiger partial charge is 0.227 e. The van der Waals surface area contributed by atoms with Crippen LogP contribution in [-0.2, 0) is 12.8 Å². The van der Waals surface area contributed by atoms with Crippen LogP contribution in [-0.4, -0.2) is 18.0 Å². The summed E-state index contributed by atoms with van der Waals surface area (Å²) in [6, 6.07) is 10.6. The fourth-order valence-electron chi connectivity index (χ4n) is 4.54. The van der Waals surface area contributed by atoms with Crippen LogP contribution < -0.4 is 5.19 Å². The van der Waals surface area contributed by atoms with Crippen LogP contribution in [0.2, 0.25) is 19.6 Å². The van der Waals surface area contributed by atoms with Crippen LogP contribution in [0.1, 0.15) is 29.7 Å². The van der Waals surface area contributed by atoms with Gasteiger partial charge in [0.1, 0.15) is 5.58 Å². The van der Waals surface area contributed by atoms with E-state index in [0.29, 0.717) is 0 Å². The number of pyridine rings is 2. The maximum Gasteiger partial charge on any atom is 0.227 e. The zero-order chi connectivity index (χ0) is 19.5. The molecule has 0 N–H and O–H groups in total. The Hall–Kier alpha value is -2.46. The van der Waals surface area contributed by atoms with E-state index in [1.807, 2.05) is 13.0 Å². The Labute approximate surface area is 166 Å². The van der Waals surface area contributed by atoms with Crippen molar-refractivity contribution in [3.05, 3.63) is 53.3 Å². The Balaban J connectivity index is 1.73. The first kappa shape index (κ1) is 17.6. The molecule has 5 rings (SSSR count). The molecule has 3 aromatic heterocycles. The first-order valence-electron chi connectivity index (χ1n) is 10.2. The number of hydrogen-bond donors (Lipinski definition) is 0. The lowest BCUT2D eigenvalue weighted by Gasteiger charge is -2.27. The molecule has 4 aromatic rings. The Kier molecular flexibility index (Phi) is 3.95. The molecule has 0 saturated heterocycles. The third-order valence-electron chi connectivity index (χ3n) is 5.96. The lowest BCUT2D eigenvalue weighted by Crippen LogP contribution is -2.42. The molecule has 1 aliphatic rings. The second-order valence-corrected chi connectivity index (χ2v) is 14.1. The van der Waals surface area contributed by atoms with Crippen molar-refractivity contribution < 1.29 is 4.42 Å². The van der Waals surface area contributed by atoms with E-state index >= 15 is 0 Å². The maximum atomic E-state index is 5.97. The van der Waals surface area contributed by atoms with Gasteiger partial charge in [-0.1, -0.05) is 19.6 Å². The van der Waals surface area contributed by atoms with Crippen molar-refractivity contribution in [3.8, 4) is 11.3 Å². The topological polar surface area (TPSA) is 38.9 Å². The van der Waals surface area contributed by atoms with Crippen molar-refractivity contribution >= 4 is 35.3 Å². The summed E-state index contributed by atoms with van der Waals surface area (Å²) in [6.45, 7) is 9.28. The lowest BCUT2D eigenvalue weighted by molar-refractivity contribution is 0.652. The summed E-state index contributed by atoms with van der Waals surface area (Å²) < 4.78 is 5.97. The van der Waals surface area contributed by atoms with Gasteiger partial charge in [-0.15, -0.1) is 0 Å². The number of rotatable bonds is 2. The molecule has 0 radical (unpaired) electrons. The van der Waals surface area contributed by atoms with Gasteiger partial charge in [-0.05, 0) is 79.3 Å². The Morgan fingerprint density at radius 3 is 2.50 bits per heavy atom. The summed E-state index contributed by atoms with van der Waals surface area (Å²) in [5.41, 5.74) is 8.01. The van der Waals surface area contributed by atoms with Crippen LogP contribution in [0.4, 0.5) is 0 Å². The highest BCUT2D eigenvalue weighted by atomic mass is 28.3. The van der Waals surface area contributed by atoms with Gasteiger partial charge in [-0.25, -0.2) is 4.98 Å². The average molecular weight is 387 g/mol. The SMILES string of the molecule is Cc1ccc2c(n1)oc1ccc(-c3ncc([Si](C)(C)C)c4c3CCCC4)cc12. The van der Waals surface area contributed by atoms with E-state index in [1.165, 1.54) is 30.4 Å². The second-order valence-electron chi connectivity index (χ2n) is 9.05. The molecule has 3 heterocycles. The molecule has 3 nitrogen and oxygen atoms in total. The summed E-state index contributed by atoms with van der Waals surface area (Å²) in [6.07, 6.45) is 7.07. The molecule has 0 bridgehead atoms.